The first-order chi connectivity index (χ1) is 9.58. The first kappa shape index (κ1) is 15.9. The number of methoxy groups -OCH3 is 1. The molecule has 0 aliphatic carbocycles. The van der Waals surface area contributed by atoms with Gasteiger partial charge in [0.2, 0.25) is 0 Å². The Morgan fingerprint density at radius 3 is 2.70 bits per heavy atom. The van der Waals surface area contributed by atoms with Crippen LogP contribution in [-0.2, 0) is 14.3 Å². The number of nitrogens with one attached hydrogen (secondary N) is 1. The smallest absolute Gasteiger partial charge is 0.339 e. The molecule has 1 aromatic rings. The van der Waals surface area contributed by atoms with Crippen LogP contribution < -0.4 is 5.32 Å². The zero-order valence-electron chi connectivity index (χ0n) is 12.1. The lowest BCUT2D eigenvalue weighted by molar-refractivity contribution is -0.143. The van der Waals surface area contributed by atoms with E-state index in [2.05, 4.69) is 15.0 Å². The zero-order chi connectivity index (χ0) is 15.0. The summed E-state index contributed by atoms with van der Waals surface area (Å²) in [5.74, 6) is 0.0716. The number of anilines is 1. The van der Waals surface area contributed by atoms with Gasteiger partial charge in [0.1, 0.15) is 5.82 Å². The lowest BCUT2D eigenvalue weighted by atomic mass is 10.2. The number of esters is 2. The van der Waals surface area contributed by atoms with Crippen LogP contribution in [0.3, 0.4) is 0 Å². The molecule has 0 aliphatic rings. The second-order valence-corrected chi connectivity index (χ2v) is 4.16. The van der Waals surface area contributed by atoms with Gasteiger partial charge in [0.05, 0.1) is 25.0 Å². The Balaban J connectivity index is 2.44. The molecule has 0 saturated carbocycles. The lowest BCUT2D eigenvalue weighted by Crippen LogP contribution is -2.10. The van der Waals surface area contributed by atoms with Crippen LogP contribution in [0.15, 0.2) is 12.1 Å². The fraction of sp³-hybridized carbons (Fsp3) is 0.500. The molecule has 1 N–H and O–H groups in total. The van der Waals surface area contributed by atoms with Crippen molar-refractivity contribution in [3.8, 4) is 0 Å². The summed E-state index contributed by atoms with van der Waals surface area (Å²) in [7, 11) is 1.34. The van der Waals surface area contributed by atoms with Crippen LogP contribution in [0.25, 0.3) is 0 Å². The molecular formula is C14H20N2O4. The van der Waals surface area contributed by atoms with Gasteiger partial charge in [-0.2, -0.15) is 0 Å². The van der Waals surface area contributed by atoms with Crippen molar-refractivity contribution in [2.75, 3.05) is 25.6 Å². The van der Waals surface area contributed by atoms with Gasteiger partial charge in [-0.05, 0) is 32.4 Å². The minimum absolute atomic E-state index is 0.195. The summed E-state index contributed by atoms with van der Waals surface area (Å²) in [6, 6.07) is 3.38. The van der Waals surface area contributed by atoms with Crippen molar-refractivity contribution >= 4 is 17.8 Å². The number of hydrogen-bond acceptors (Lipinski definition) is 6. The SMILES string of the molecule is CCOC(=O)CCCNc1ccc(C(=O)OC)c(C)n1. The summed E-state index contributed by atoms with van der Waals surface area (Å²) >= 11 is 0. The molecule has 0 fully saturated rings. The maximum atomic E-state index is 11.4. The van der Waals surface area contributed by atoms with E-state index in [1.807, 2.05) is 0 Å². The predicted molar refractivity (Wildman–Crippen MR) is 74.7 cm³/mol. The van der Waals surface area contributed by atoms with Crippen LogP contribution in [0, 0.1) is 6.92 Å². The Morgan fingerprint density at radius 1 is 1.35 bits per heavy atom. The molecule has 1 heterocycles. The monoisotopic (exact) mass is 280 g/mol. The molecule has 1 aromatic heterocycles. The molecule has 20 heavy (non-hydrogen) atoms. The first-order valence-electron chi connectivity index (χ1n) is 6.54. The predicted octanol–water partition coefficient (Wildman–Crippen LogP) is 1.93. The highest BCUT2D eigenvalue weighted by atomic mass is 16.5. The average Bonchev–Trinajstić information content (AvgIpc) is 2.43. The van der Waals surface area contributed by atoms with Crippen LogP contribution in [0.5, 0.6) is 0 Å². The fourth-order valence-corrected chi connectivity index (χ4v) is 1.67. The number of hydrogen-bond donors (Lipinski definition) is 1. The van der Waals surface area contributed by atoms with Gasteiger partial charge in [0.15, 0.2) is 0 Å². The summed E-state index contributed by atoms with van der Waals surface area (Å²) in [5, 5.41) is 3.10. The average molecular weight is 280 g/mol. The van der Waals surface area contributed by atoms with Crippen molar-refractivity contribution in [1.29, 1.82) is 0 Å². The molecular weight excluding hydrogens is 260 g/mol. The molecule has 0 radical (unpaired) electrons. The third-order valence-corrected chi connectivity index (χ3v) is 2.66. The molecule has 110 valence electrons. The molecule has 0 atom stereocenters. The van der Waals surface area contributed by atoms with Gasteiger partial charge in [-0.3, -0.25) is 4.79 Å². The number of carbonyl (C=O) groups excluding carboxylic acids is 2. The Morgan fingerprint density at radius 2 is 2.10 bits per heavy atom. The Kier molecular flexibility index (Phi) is 6.49. The van der Waals surface area contributed by atoms with E-state index in [4.69, 9.17) is 4.74 Å². The van der Waals surface area contributed by atoms with Gasteiger partial charge >= 0.3 is 11.9 Å². The van der Waals surface area contributed by atoms with Crippen LogP contribution in [0.4, 0.5) is 5.82 Å². The van der Waals surface area contributed by atoms with Crippen LogP contribution in [-0.4, -0.2) is 37.2 Å². The number of aryl methyl sites for hydroxylation is 1. The number of carbonyl (C=O) groups is 2. The highest BCUT2D eigenvalue weighted by Crippen LogP contribution is 2.11. The molecule has 1 rings (SSSR count). The molecule has 0 aliphatic heterocycles. The fourth-order valence-electron chi connectivity index (χ4n) is 1.67. The van der Waals surface area contributed by atoms with Gasteiger partial charge < -0.3 is 14.8 Å². The third kappa shape index (κ3) is 4.87. The lowest BCUT2D eigenvalue weighted by Gasteiger charge is -2.08. The van der Waals surface area contributed by atoms with E-state index in [-0.39, 0.29) is 5.97 Å². The van der Waals surface area contributed by atoms with Crippen molar-refractivity contribution in [1.82, 2.24) is 4.98 Å². The minimum atomic E-state index is -0.399. The second-order valence-electron chi connectivity index (χ2n) is 4.16. The van der Waals surface area contributed by atoms with E-state index in [0.29, 0.717) is 43.1 Å². The van der Waals surface area contributed by atoms with Crippen molar-refractivity contribution in [2.45, 2.75) is 26.7 Å². The maximum absolute atomic E-state index is 11.4. The van der Waals surface area contributed by atoms with Gasteiger partial charge in [-0.15, -0.1) is 0 Å². The number of ether oxygens (including phenoxy) is 2. The summed E-state index contributed by atoms with van der Waals surface area (Å²) in [4.78, 5) is 26.8. The largest absolute Gasteiger partial charge is 0.466 e. The number of rotatable bonds is 7. The van der Waals surface area contributed by atoms with Crippen molar-refractivity contribution in [3.63, 3.8) is 0 Å². The molecule has 0 amide bonds. The summed E-state index contributed by atoms with van der Waals surface area (Å²) in [6.07, 6.45) is 1.04. The normalized spacial score (nSPS) is 9.95. The Labute approximate surface area is 118 Å². The third-order valence-electron chi connectivity index (χ3n) is 2.66. The van der Waals surface area contributed by atoms with E-state index in [1.165, 1.54) is 7.11 Å². The van der Waals surface area contributed by atoms with E-state index in [9.17, 15) is 9.59 Å². The molecule has 0 saturated heterocycles. The number of pyridine rings is 1. The second kappa shape index (κ2) is 8.14. The highest BCUT2D eigenvalue weighted by molar-refractivity contribution is 5.90. The van der Waals surface area contributed by atoms with Gasteiger partial charge in [0.25, 0.3) is 0 Å². The maximum Gasteiger partial charge on any atom is 0.339 e. The zero-order valence-corrected chi connectivity index (χ0v) is 12.1. The minimum Gasteiger partial charge on any atom is -0.466 e. The number of aromatic nitrogens is 1. The Bertz CT molecular complexity index is 474. The first-order valence-corrected chi connectivity index (χ1v) is 6.54. The molecule has 0 unspecified atom stereocenters. The van der Waals surface area contributed by atoms with Crippen LogP contribution >= 0.6 is 0 Å². The summed E-state index contributed by atoms with van der Waals surface area (Å²) < 4.78 is 9.49. The van der Waals surface area contributed by atoms with Crippen LogP contribution in [0.1, 0.15) is 35.8 Å². The van der Waals surface area contributed by atoms with E-state index >= 15 is 0 Å². The van der Waals surface area contributed by atoms with Crippen molar-refractivity contribution < 1.29 is 19.1 Å². The van der Waals surface area contributed by atoms with Gasteiger partial charge in [-0.25, -0.2) is 9.78 Å². The Hall–Kier alpha value is -2.11. The van der Waals surface area contributed by atoms with Gasteiger partial charge in [0, 0.05) is 13.0 Å². The summed E-state index contributed by atoms with van der Waals surface area (Å²) in [5.41, 5.74) is 1.05. The molecule has 6 nitrogen and oxygen atoms in total. The van der Waals surface area contributed by atoms with Crippen molar-refractivity contribution in [3.05, 3.63) is 23.4 Å². The van der Waals surface area contributed by atoms with E-state index < -0.39 is 5.97 Å². The van der Waals surface area contributed by atoms with Crippen LogP contribution in [0.2, 0.25) is 0 Å². The molecule has 0 aromatic carbocycles. The van der Waals surface area contributed by atoms with E-state index in [1.54, 1.807) is 26.0 Å². The summed E-state index contributed by atoms with van der Waals surface area (Å²) in [6.45, 7) is 4.55. The standard InChI is InChI=1S/C14H20N2O4/c1-4-20-13(17)6-5-9-15-12-8-7-11(10(2)16-12)14(18)19-3/h7-8H,4-6,9H2,1-3H3,(H,15,16). The number of nitrogens with zero attached hydrogens (tertiary/aromatic N) is 1. The topological polar surface area (TPSA) is 77.5 Å². The quantitative estimate of drug-likeness (QED) is 0.607. The van der Waals surface area contributed by atoms with Crippen molar-refractivity contribution in [2.24, 2.45) is 0 Å². The molecule has 0 spiro atoms. The van der Waals surface area contributed by atoms with Gasteiger partial charge in [-0.1, -0.05) is 0 Å². The highest BCUT2D eigenvalue weighted by Gasteiger charge is 2.10. The van der Waals surface area contributed by atoms with E-state index in [0.717, 1.165) is 0 Å². The molecule has 6 heteroatoms. The molecule has 0 bridgehead atoms.